The van der Waals surface area contributed by atoms with Crippen molar-refractivity contribution in [2.45, 2.75) is 167 Å². The van der Waals surface area contributed by atoms with Gasteiger partial charge in [0.25, 0.3) is 0 Å². The molecule has 2 unspecified atom stereocenters. The van der Waals surface area contributed by atoms with Crippen LogP contribution in [0.2, 0.25) is 0 Å². The third kappa shape index (κ3) is 37.6. The van der Waals surface area contributed by atoms with E-state index in [2.05, 4.69) is 32.1 Å². The lowest BCUT2D eigenvalue weighted by Crippen LogP contribution is -2.27. The number of hydrogen-bond donors (Lipinski definition) is 3. The molecule has 3 atom stereocenters. The summed E-state index contributed by atoms with van der Waals surface area (Å²) in [6.07, 6.45) is 42.1. The minimum absolute atomic E-state index is 0.0183. The summed E-state index contributed by atoms with van der Waals surface area (Å²) in [5.41, 5.74) is 5.34. The minimum atomic E-state index is -4.33. The van der Waals surface area contributed by atoms with E-state index in [0.29, 0.717) is 19.3 Å². The lowest BCUT2D eigenvalue weighted by molar-refractivity contribution is -0.153. The highest BCUT2D eigenvalue weighted by molar-refractivity contribution is 7.47. The first-order valence-electron chi connectivity index (χ1n) is 19.9. The molecule has 0 aliphatic rings. The van der Waals surface area contributed by atoms with Crippen LogP contribution in [0.25, 0.3) is 0 Å². The molecule has 0 saturated carbocycles. The third-order valence-electron chi connectivity index (χ3n) is 8.08. The molecule has 0 radical (unpaired) electrons. The molecule has 0 heterocycles. The lowest BCUT2D eigenvalue weighted by atomic mass is 10.0. The molecule has 9 nitrogen and oxygen atoms in total. The SMILES string of the molecule is CCCCC/C=C\C/C=C\CC(O)/C=C\C=C\CCCC(=O)O[C@H](CO/C=C/CCCCCCCCCCCCCC)COP(=O)(O)OCCN. The van der Waals surface area contributed by atoms with Crippen LogP contribution in [0, 0.1) is 0 Å². The Morgan fingerprint density at radius 1 is 0.706 bits per heavy atom. The number of carbonyl (C=O) groups is 1. The standard InChI is InChI=1S/C41H74NO8P/c1-3-5-7-9-11-13-14-15-16-17-19-21-26-30-35-47-37-40(38-49-51(45,46)48-36-34-42)50-41(44)33-29-25-22-24-28-32-39(43)31-27-23-20-18-12-10-8-6-4-2/h12,18,22-24,27-28,30,32,35,39-40,43H,3-11,13-17,19-21,25-26,29,31,33-34,36-38,42H2,1-2H3,(H,45,46)/b18-12-,24-22+,27-23-,32-28-,35-30+/t39?,40-/m1/s1. The number of aliphatic hydroxyl groups is 1. The number of phosphoric ester groups is 1. The zero-order valence-corrected chi connectivity index (χ0v) is 33.1. The van der Waals surface area contributed by atoms with E-state index in [0.717, 1.165) is 25.7 Å². The van der Waals surface area contributed by atoms with Gasteiger partial charge in [-0.25, -0.2) is 4.57 Å². The Bertz CT molecular complexity index is 981. The highest BCUT2D eigenvalue weighted by Gasteiger charge is 2.25. The summed E-state index contributed by atoms with van der Waals surface area (Å²) in [7, 11) is -4.33. The molecule has 10 heteroatoms. The van der Waals surface area contributed by atoms with Crippen LogP contribution in [0.3, 0.4) is 0 Å². The van der Waals surface area contributed by atoms with E-state index in [1.165, 1.54) is 89.9 Å². The van der Waals surface area contributed by atoms with Crippen molar-refractivity contribution in [3.8, 4) is 0 Å². The Hall–Kier alpha value is -2.00. The normalized spacial score (nSPS) is 14.8. The van der Waals surface area contributed by atoms with Gasteiger partial charge in [0.15, 0.2) is 6.10 Å². The number of rotatable bonds is 37. The van der Waals surface area contributed by atoms with Gasteiger partial charge in [-0.1, -0.05) is 146 Å². The maximum absolute atomic E-state index is 12.5. The quantitative estimate of drug-likeness (QED) is 0.0142. The third-order valence-corrected chi connectivity index (χ3v) is 9.07. The second-order valence-corrected chi connectivity index (χ2v) is 14.5. The van der Waals surface area contributed by atoms with Crippen molar-refractivity contribution in [2.75, 3.05) is 26.4 Å². The average Bonchev–Trinajstić information content (AvgIpc) is 3.11. The highest BCUT2D eigenvalue weighted by Crippen LogP contribution is 2.43. The summed E-state index contributed by atoms with van der Waals surface area (Å²) in [6.45, 7) is 4.02. The largest absolute Gasteiger partial charge is 0.498 e. The summed E-state index contributed by atoms with van der Waals surface area (Å²) in [6, 6.07) is 0. The van der Waals surface area contributed by atoms with E-state index >= 15 is 0 Å². The second kappa shape index (κ2) is 37.7. The number of allylic oxidation sites excluding steroid dienone is 7. The summed E-state index contributed by atoms with van der Waals surface area (Å²) in [5, 5.41) is 10.1. The zero-order valence-electron chi connectivity index (χ0n) is 32.2. The van der Waals surface area contributed by atoms with E-state index in [9.17, 15) is 19.4 Å². The number of aliphatic hydroxyl groups excluding tert-OH is 1. The van der Waals surface area contributed by atoms with Gasteiger partial charge in [0, 0.05) is 13.0 Å². The molecule has 0 aromatic carbocycles. The van der Waals surface area contributed by atoms with Crippen LogP contribution in [0.4, 0.5) is 0 Å². The number of ether oxygens (including phenoxy) is 2. The van der Waals surface area contributed by atoms with Gasteiger partial charge in [-0.15, -0.1) is 0 Å². The minimum Gasteiger partial charge on any atom is -0.498 e. The number of carbonyl (C=O) groups excluding carboxylic acids is 1. The molecule has 0 saturated heterocycles. The number of esters is 1. The van der Waals surface area contributed by atoms with Crippen LogP contribution < -0.4 is 5.73 Å². The topological polar surface area (TPSA) is 138 Å². The van der Waals surface area contributed by atoms with Crippen molar-refractivity contribution < 1.29 is 37.9 Å². The van der Waals surface area contributed by atoms with Crippen LogP contribution in [0.1, 0.15) is 155 Å². The van der Waals surface area contributed by atoms with Gasteiger partial charge in [0.05, 0.1) is 25.6 Å². The smallest absolute Gasteiger partial charge is 0.472 e. The maximum atomic E-state index is 12.5. The van der Waals surface area contributed by atoms with Gasteiger partial charge in [0.1, 0.15) is 6.61 Å². The van der Waals surface area contributed by atoms with Crippen LogP contribution in [0.15, 0.2) is 60.9 Å². The molecule has 0 aliphatic carbocycles. The predicted octanol–water partition coefficient (Wildman–Crippen LogP) is 10.7. The summed E-state index contributed by atoms with van der Waals surface area (Å²) < 4.78 is 33.0. The summed E-state index contributed by atoms with van der Waals surface area (Å²) >= 11 is 0. The zero-order chi connectivity index (χ0) is 37.5. The van der Waals surface area contributed by atoms with Crippen LogP contribution >= 0.6 is 7.82 Å². The molecule has 0 aromatic heterocycles. The van der Waals surface area contributed by atoms with Gasteiger partial charge in [-0.3, -0.25) is 13.8 Å². The molecule has 0 amide bonds. The first kappa shape index (κ1) is 49.0. The number of nitrogens with two attached hydrogens (primary N) is 1. The first-order valence-corrected chi connectivity index (χ1v) is 21.4. The molecular formula is C41H74NO8P. The highest BCUT2D eigenvalue weighted by atomic mass is 31.2. The molecule has 0 fully saturated rings. The van der Waals surface area contributed by atoms with Gasteiger partial charge in [0.2, 0.25) is 0 Å². The Morgan fingerprint density at radius 3 is 1.98 bits per heavy atom. The van der Waals surface area contributed by atoms with Crippen molar-refractivity contribution in [3.05, 3.63) is 60.9 Å². The van der Waals surface area contributed by atoms with Crippen LogP contribution in [0.5, 0.6) is 0 Å². The van der Waals surface area contributed by atoms with E-state index in [4.69, 9.17) is 24.3 Å². The predicted molar refractivity (Wildman–Crippen MR) is 211 cm³/mol. The first-order chi connectivity index (χ1) is 24.8. The van der Waals surface area contributed by atoms with Crippen molar-refractivity contribution >= 4 is 13.8 Å². The number of hydrogen-bond acceptors (Lipinski definition) is 8. The van der Waals surface area contributed by atoms with Gasteiger partial charge < -0.3 is 25.2 Å². The molecule has 4 N–H and O–H groups in total. The maximum Gasteiger partial charge on any atom is 0.472 e. The van der Waals surface area contributed by atoms with Gasteiger partial charge in [-0.2, -0.15) is 0 Å². The molecular weight excluding hydrogens is 665 g/mol. The van der Waals surface area contributed by atoms with Crippen LogP contribution in [-0.4, -0.2) is 54.5 Å². The lowest BCUT2D eigenvalue weighted by Gasteiger charge is -2.19. The molecule has 296 valence electrons. The van der Waals surface area contributed by atoms with Gasteiger partial charge in [-0.05, 0) is 57.4 Å². The fourth-order valence-corrected chi connectivity index (χ4v) is 5.86. The summed E-state index contributed by atoms with van der Waals surface area (Å²) in [4.78, 5) is 22.4. The molecule has 0 aromatic rings. The van der Waals surface area contributed by atoms with E-state index < -0.39 is 26.0 Å². The molecule has 0 bridgehead atoms. The Morgan fingerprint density at radius 2 is 1.29 bits per heavy atom. The van der Waals surface area contributed by atoms with Crippen molar-refractivity contribution in [1.82, 2.24) is 0 Å². The number of phosphoric acid groups is 1. The molecule has 0 aliphatic heterocycles. The Labute approximate surface area is 311 Å². The van der Waals surface area contributed by atoms with Gasteiger partial charge >= 0.3 is 13.8 Å². The molecule has 51 heavy (non-hydrogen) atoms. The number of unbranched alkanes of at least 4 members (excludes halogenated alkanes) is 16. The average molecular weight is 740 g/mol. The van der Waals surface area contributed by atoms with E-state index in [1.54, 1.807) is 18.4 Å². The fourth-order valence-electron chi connectivity index (χ4n) is 5.09. The van der Waals surface area contributed by atoms with Crippen molar-refractivity contribution in [1.29, 1.82) is 0 Å². The van der Waals surface area contributed by atoms with E-state index in [1.807, 2.05) is 24.3 Å². The molecule has 0 spiro atoms. The Kier molecular flexibility index (Phi) is 36.3. The summed E-state index contributed by atoms with van der Waals surface area (Å²) in [5.74, 6) is -0.453. The van der Waals surface area contributed by atoms with Crippen molar-refractivity contribution in [3.63, 3.8) is 0 Å². The fraction of sp³-hybridized carbons (Fsp3) is 0.732. The second-order valence-electron chi connectivity index (χ2n) is 13.1. The molecule has 0 rings (SSSR count). The van der Waals surface area contributed by atoms with Crippen molar-refractivity contribution in [2.24, 2.45) is 5.73 Å². The van der Waals surface area contributed by atoms with Crippen LogP contribution in [-0.2, 0) is 27.9 Å². The Balaban J connectivity index is 4.34. The van der Waals surface area contributed by atoms with E-state index in [-0.39, 0.29) is 32.8 Å². The monoisotopic (exact) mass is 740 g/mol.